The van der Waals surface area contributed by atoms with Crippen LogP contribution in [0.5, 0.6) is 0 Å². The van der Waals surface area contributed by atoms with E-state index in [2.05, 4.69) is 11.4 Å². The summed E-state index contributed by atoms with van der Waals surface area (Å²) in [7, 11) is 0. The minimum Gasteiger partial charge on any atom is -0.326 e. The van der Waals surface area contributed by atoms with E-state index in [4.69, 9.17) is 0 Å². The Morgan fingerprint density at radius 3 is 2.53 bits per heavy atom. The average molecular weight is 253 g/mol. The van der Waals surface area contributed by atoms with Crippen LogP contribution in [-0.4, -0.2) is 5.91 Å². The van der Waals surface area contributed by atoms with Crippen LogP contribution in [0.1, 0.15) is 23.1 Å². The quantitative estimate of drug-likeness (QED) is 0.880. The highest BCUT2D eigenvalue weighted by Gasteiger charge is 2.05. The molecule has 2 heteroatoms. The van der Waals surface area contributed by atoms with Gasteiger partial charge in [-0.15, -0.1) is 0 Å². The summed E-state index contributed by atoms with van der Waals surface area (Å²) in [4.78, 5) is 11.9. The van der Waals surface area contributed by atoms with Gasteiger partial charge in [0.1, 0.15) is 0 Å². The van der Waals surface area contributed by atoms with E-state index in [1.807, 2.05) is 56.3 Å². The van der Waals surface area contributed by atoms with E-state index in [1.165, 1.54) is 5.56 Å². The van der Waals surface area contributed by atoms with Crippen molar-refractivity contribution in [1.82, 2.24) is 0 Å². The second-order valence-corrected chi connectivity index (χ2v) is 4.85. The predicted octanol–water partition coefficient (Wildman–Crippen LogP) is 3.87. The second kappa shape index (κ2) is 6.19. The van der Waals surface area contributed by atoms with E-state index in [1.54, 1.807) is 0 Å². The maximum atomic E-state index is 11.9. The molecule has 1 N–H and O–H groups in total. The molecule has 2 aromatic rings. The SMILES string of the molecule is Cc1ccc(C)c(NC(=O)CCc2ccccc2)c1. The largest absolute Gasteiger partial charge is 0.326 e. The normalized spacial score (nSPS) is 10.2. The van der Waals surface area contributed by atoms with Gasteiger partial charge in [-0.2, -0.15) is 0 Å². The summed E-state index contributed by atoms with van der Waals surface area (Å²) < 4.78 is 0. The van der Waals surface area contributed by atoms with Crippen molar-refractivity contribution in [3.8, 4) is 0 Å². The maximum absolute atomic E-state index is 11.9. The molecule has 0 unspecified atom stereocenters. The highest BCUT2D eigenvalue weighted by Crippen LogP contribution is 2.16. The van der Waals surface area contributed by atoms with E-state index < -0.39 is 0 Å². The predicted molar refractivity (Wildman–Crippen MR) is 79.3 cm³/mol. The molecule has 98 valence electrons. The van der Waals surface area contributed by atoms with Crippen molar-refractivity contribution in [2.45, 2.75) is 26.7 Å². The fourth-order valence-corrected chi connectivity index (χ4v) is 1.99. The average Bonchev–Trinajstić information content (AvgIpc) is 2.42. The van der Waals surface area contributed by atoms with Crippen LogP contribution in [0.25, 0.3) is 0 Å². The van der Waals surface area contributed by atoms with Crippen molar-refractivity contribution in [3.63, 3.8) is 0 Å². The number of carbonyl (C=O) groups is 1. The number of benzene rings is 2. The van der Waals surface area contributed by atoms with Crippen LogP contribution in [0, 0.1) is 13.8 Å². The van der Waals surface area contributed by atoms with Crippen molar-refractivity contribution < 1.29 is 4.79 Å². The number of amides is 1. The molecular weight excluding hydrogens is 234 g/mol. The van der Waals surface area contributed by atoms with Crippen molar-refractivity contribution in [1.29, 1.82) is 0 Å². The lowest BCUT2D eigenvalue weighted by molar-refractivity contribution is -0.116. The molecule has 1 amide bonds. The Bertz CT molecular complexity index is 561. The van der Waals surface area contributed by atoms with Gasteiger partial charge in [-0.3, -0.25) is 4.79 Å². The van der Waals surface area contributed by atoms with E-state index in [0.717, 1.165) is 23.2 Å². The van der Waals surface area contributed by atoms with Crippen LogP contribution in [0.3, 0.4) is 0 Å². The van der Waals surface area contributed by atoms with Crippen LogP contribution < -0.4 is 5.32 Å². The Hall–Kier alpha value is -2.09. The molecule has 2 rings (SSSR count). The van der Waals surface area contributed by atoms with Gasteiger partial charge in [0.25, 0.3) is 0 Å². The van der Waals surface area contributed by atoms with Crippen molar-refractivity contribution in [2.24, 2.45) is 0 Å². The second-order valence-electron chi connectivity index (χ2n) is 4.85. The summed E-state index contributed by atoms with van der Waals surface area (Å²) in [5.41, 5.74) is 4.36. The van der Waals surface area contributed by atoms with Crippen LogP contribution in [0.15, 0.2) is 48.5 Å². The highest BCUT2D eigenvalue weighted by molar-refractivity contribution is 5.91. The van der Waals surface area contributed by atoms with Gasteiger partial charge in [-0.1, -0.05) is 42.5 Å². The Morgan fingerprint density at radius 1 is 1.05 bits per heavy atom. The monoisotopic (exact) mass is 253 g/mol. The lowest BCUT2D eigenvalue weighted by atomic mass is 10.1. The van der Waals surface area contributed by atoms with Gasteiger partial charge in [0.2, 0.25) is 5.91 Å². The summed E-state index contributed by atoms with van der Waals surface area (Å²) >= 11 is 0. The first-order valence-electron chi connectivity index (χ1n) is 6.56. The van der Waals surface area contributed by atoms with Gasteiger partial charge in [0.15, 0.2) is 0 Å². The Morgan fingerprint density at radius 2 is 1.79 bits per heavy atom. The van der Waals surface area contributed by atoms with Crippen molar-refractivity contribution in [3.05, 3.63) is 65.2 Å². The van der Waals surface area contributed by atoms with E-state index in [0.29, 0.717) is 6.42 Å². The number of nitrogens with one attached hydrogen (secondary N) is 1. The molecule has 19 heavy (non-hydrogen) atoms. The summed E-state index contributed by atoms with van der Waals surface area (Å²) in [6, 6.07) is 16.2. The fourth-order valence-electron chi connectivity index (χ4n) is 1.99. The summed E-state index contributed by atoms with van der Waals surface area (Å²) in [6.07, 6.45) is 1.29. The van der Waals surface area contributed by atoms with Gasteiger partial charge in [0, 0.05) is 12.1 Å². The van der Waals surface area contributed by atoms with E-state index >= 15 is 0 Å². The van der Waals surface area contributed by atoms with Gasteiger partial charge in [-0.25, -0.2) is 0 Å². The molecule has 0 atom stereocenters. The first-order chi connectivity index (χ1) is 9.15. The minimum atomic E-state index is 0.0672. The summed E-state index contributed by atoms with van der Waals surface area (Å²) in [5, 5.41) is 2.98. The fraction of sp³-hybridized carbons (Fsp3) is 0.235. The molecule has 2 aromatic carbocycles. The van der Waals surface area contributed by atoms with Gasteiger partial charge >= 0.3 is 0 Å². The number of hydrogen-bond donors (Lipinski definition) is 1. The molecule has 0 aromatic heterocycles. The molecule has 0 spiro atoms. The number of carbonyl (C=O) groups excluding carboxylic acids is 1. The molecule has 0 fully saturated rings. The topological polar surface area (TPSA) is 29.1 Å². The molecule has 0 saturated heterocycles. The van der Waals surface area contributed by atoms with Crippen LogP contribution in [0.4, 0.5) is 5.69 Å². The molecule has 2 nitrogen and oxygen atoms in total. The zero-order valence-corrected chi connectivity index (χ0v) is 11.4. The first-order valence-corrected chi connectivity index (χ1v) is 6.56. The first kappa shape index (κ1) is 13.3. The van der Waals surface area contributed by atoms with Gasteiger partial charge in [-0.05, 0) is 43.0 Å². The smallest absolute Gasteiger partial charge is 0.224 e. The molecule has 0 heterocycles. The number of rotatable bonds is 4. The number of anilines is 1. The highest BCUT2D eigenvalue weighted by atomic mass is 16.1. The maximum Gasteiger partial charge on any atom is 0.224 e. The third kappa shape index (κ3) is 3.95. The number of hydrogen-bond acceptors (Lipinski definition) is 1. The molecular formula is C17H19NO. The molecule has 0 aliphatic heterocycles. The Kier molecular flexibility index (Phi) is 4.35. The molecule has 0 aliphatic rings. The van der Waals surface area contributed by atoms with Crippen molar-refractivity contribution >= 4 is 11.6 Å². The third-order valence-electron chi connectivity index (χ3n) is 3.15. The molecule has 0 saturated carbocycles. The van der Waals surface area contributed by atoms with Gasteiger partial charge < -0.3 is 5.32 Å². The molecule has 0 radical (unpaired) electrons. The van der Waals surface area contributed by atoms with Crippen LogP contribution in [0.2, 0.25) is 0 Å². The third-order valence-corrected chi connectivity index (χ3v) is 3.15. The summed E-state index contributed by atoms with van der Waals surface area (Å²) in [5.74, 6) is 0.0672. The lowest BCUT2D eigenvalue weighted by Crippen LogP contribution is -2.13. The lowest BCUT2D eigenvalue weighted by Gasteiger charge is -2.09. The number of aryl methyl sites for hydroxylation is 3. The van der Waals surface area contributed by atoms with Crippen LogP contribution >= 0.6 is 0 Å². The van der Waals surface area contributed by atoms with Crippen LogP contribution in [-0.2, 0) is 11.2 Å². The standard InChI is InChI=1S/C17H19NO/c1-13-8-9-14(2)16(12-13)18-17(19)11-10-15-6-4-3-5-7-15/h3-9,12H,10-11H2,1-2H3,(H,18,19). The van der Waals surface area contributed by atoms with E-state index in [-0.39, 0.29) is 5.91 Å². The molecule has 0 aliphatic carbocycles. The molecule has 0 bridgehead atoms. The van der Waals surface area contributed by atoms with Gasteiger partial charge in [0.05, 0.1) is 0 Å². The zero-order valence-electron chi connectivity index (χ0n) is 11.4. The zero-order chi connectivity index (χ0) is 13.7. The Labute approximate surface area is 114 Å². The Balaban J connectivity index is 1.93. The van der Waals surface area contributed by atoms with Crippen molar-refractivity contribution in [2.75, 3.05) is 5.32 Å². The minimum absolute atomic E-state index is 0.0672. The summed E-state index contributed by atoms with van der Waals surface area (Å²) in [6.45, 7) is 4.03. The van der Waals surface area contributed by atoms with E-state index in [9.17, 15) is 4.79 Å².